The molecule has 1 nitrogen and oxygen atoms in total. The molecule has 1 spiro atoms. The molecule has 2 aliphatic carbocycles. The van der Waals surface area contributed by atoms with Crippen molar-refractivity contribution in [1.82, 2.24) is 4.90 Å². The van der Waals surface area contributed by atoms with Gasteiger partial charge < -0.3 is 0 Å². The van der Waals surface area contributed by atoms with Crippen LogP contribution in [0.5, 0.6) is 0 Å². The van der Waals surface area contributed by atoms with Gasteiger partial charge in [0.25, 0.3) is 0 Å². The van der Waals surface area contributed by atoms with E-state index in [1.54, 1.807) is 64.2 Å². The van der Waals surface area contributed by atoms with Crippen LogP contribution >= 0.6 is 7.92 Å². The minimum absolute atomic E-state index is 0.363. The third-order valence-corrected chi connectivity index (χ3v) is 70.6. The first kappa shape index (κ1) is 13.3. The molecular formula is C24H36FeNP. The fourth-order valence-corrected chi connectivity index (χ4v) is 116. The predicted octanol–water partition coefficient (Wildman–Crippen LogP) is 6.90. The van der Waals surface area contributed by atoms with Crippen LogP contribution in [0.4, 0.5) is 0 Å². The summed E-state index contributed by atoms with van der Waals surface area (Å²) in [5.41, 5.74) is 2.49. The second kappa shape index (κ2) is 1.67. The van der Waals surface area contributed by atoms with Crippen LogP contribution in [-0.2, 0) is 6.51 Å². The molecule has 10 heterocycles. The fraction of sp³-hybridized carbons (Fsp3) is 1.00. The Balaban J connectivity index is 1.20. The van der Waals surface area contributed by atoms with Crippen LogP contribution < -0.4 is 0 Å². The average Bonchev–Trinajstić information content (AvgIpc) is 3.64. The summed E-state index contributed by atoms with van der Waals surface area (Å²) < 4.78 is 2.11. The topological polar surface area (TPSA) is 3.24 Å². The SMILES string of the molecule is CN(C)[C]12[CH]3[CH]4[CH]5[C]1(P(C1CCCCC1)C1CCCCC1)[Fe]43521678[CH]2[CH]1[CH]6[CH]7[CH]28. The zero-order valence-corrected chi connectivity index (χ0v) is 19.1. The van der Waals surface area contributed by atoms with Crippen molar-refractivity contribution in [1.29, 1.82) is 0 Å². The third kappa shape index (κ3) is 0.240. The predicted molar refractivity (Wildman–Crippen MR) is 110 cm³/mol. The minimum atomic E-state index is -3.23. The van der Waals surface area contributed by atoms with Gasteiger partial charge in [0, 0.05) is 0 Å². The Kier molecular flexibility index (Phi) is 0.827. The maximum atomic E-state index is 3.05. The first-order valence-corrected chi connectivity index (χ1v) is 20.3. The zero-order valence-electron chi connectivity index (χ0n) is 17.1. The molecule has 27 heavy (non-hydrogen) atoms. The number of nitrogens with zero attached hydrogens (tertiary/aromatic N) is 1. The first-order chi connectivity index (χ1) is 13.0. The molecule has 150 valence electrons. The molecule has 0 aromatic heterocycles. The van der Waals surface area contributed by atoms with E-state index in [9.17, 15) is 0 Å². The molecule has 12 rings (SSSR count). The summed E-state index contributed by atoms with van der Waals surface area (Å²) in [6.07, 6.45) is 16.3. The number of fused-ring (bicyclic) bond motifs is 10. The third-order valence-electron chi connectivity index (χ3n) is 19.7. The summed E-state index contributed by atoms with van der Waals surface area (Å²) in [4.78, 5) is 15.0. The number of hydrogen-bond acceptors (Lipinski definition) is 1. The molecule has 2 saturated carbocycles. The Labute approximate surface area is 155 Å². The van der Waals surface area contributed by atoms with Gasteiger partial charge in [0.15, 0.2) is 0 Å². The molecule has 0 N–H and O–H groups in total. The van der Waals surface area contributed by atoms with Gasteiger partial charge in [-0.15, -0.1) is 0 Å². The summed E-state index contributed by atoms with van der Waals surface area (Å²) in [5, 5.41) is 0. The molecule has 10 aliphatic heterocycles. The van der Waals surface area contributed by atoms with Gasteiger partial charge >= 0.3 is 156 Å². The van der Waals surface area contributed by atoms with Crippen molar-refractivity contribution in [2.24, 2.45) is 0 Å². The molecule has 10 saturated heterocycles. The van der Waals surface area contributed by atoms with Crippen LogP contribution in [0.25, 0.3) is 0 Å². The van der Waals surface area contributed by atoms with Gasteiger partial charge in [-0.3, -0.25) is 0 Å². The van der Waals surface area contributed by atoms with Crippen molar-refractivity contribution in [3.63, 3.8) is 0 Å². The number of rotatable bonds is 4. The van der Waals surface area contributed by atoms with E-state index in [1.165, 1.54) is 49.8 Å². The second-order valence-corrected chi connectivity index (χ2v) is 42.1. The fourth-order valence-electron chi connectivity index (χ4n) is 21.9. The van der Waals surface area contributed by atoms with Gasteiger partial charge in [-0.05, 0) is 0 Å². The standard InChI is InChI=1S/C19H31NP.C5H5.Fe/c1-20(2)18-14-9-15-19(18)21(16-10-5-3-6-11-16)17-12-7-4-8-13-17;1-2-4-5-3-1;/h9,14-17H,3-8,10-13H2,1-2H3;1-5H;. The van der Waals surface area contributed by atoms with E-state index in [2.05, 4.69) is 19.0 Å². The van der Waals surface area contributed by atoms with E-state index in [0.717, 1.165) is 8.49 Å². The van der Waals surface area contributed by atoms with Crippen molar-refractivity contribution >= 4 is 7.92 Å². The summed E-state index contributed by atoms with van der Waals surface area (Å²) in [5.74, 6) is 0. The van der Waals surface area contributed by atoms with Gasteiger partial charge in [0.2, 0.25) is 0 Å². The van der Waals surface area contributed by atoms with E-state index < -0.39 is 6.51 Å². The molecule has 5 atom stereocenters. The Hall–Kier alpha value is 0.909. The van der Waals surface area contributed by atoms with E-state index in [1.807, 2.05) is 0 Å². The normalized spacial score (nSPS) is 91.0. The maximum absolute atomic E-state index is 3.23. The van der Waals surface area contributed by atoms with Crippen molar-refractivity contribution in [2.45, 2.75) is 123 Å². The van der Waals surface area contributed by atoms with Gasteiger partial charge in [-0.2, -0.15) is 0 Å². The van der Waals surface area contributed by atoms with Crippen LogP contribution in [-0.4, -0.2) is 38.8 Å². The van der Waals surface area contributed by atoms with Gasteiger partial charge in [0.1, 0.15) is 0 Å². The molecule has 0 aromatic rings. The molecule has 12 fully saturated rings. The Bertz CT molecular complexity index is 1200. The van der Waals surface area contributed by atoms with E-state index in [-0.39, 0.29) is 0 Å². The van der Waals surface area contributed by atoms with Crippen LogP contribution in [0.1, 0.15) is 64.2 Å². The molecule has 0 amide bonds. The molecule has 0 radical (unpaired) electrons. The summed E-state index contributed by atoms with van der Waals surface area (Å²) in [7, 11) is 5.61. The van der Waals surface area contributed by atoms with Crippen molar-refractivity contribution in [3.05, 3.63) is 0 Å². The number of hydrogen-bond donors (Lipinski definition) is 0. The van der Waals surface area contributed by atoms with E-state index in [4.69, 9.17) is 0 Å². The average molecular weight is 425 g/mol. The monoisotopic (exact) mass is 425 g/mol. The van der Waals surface area contributed by atoms with Crippen LogP contribution in [0.2, 0.25) is 38.5 Å². The van der Waals surface area contributed by atoms with Crippen LogP contribution in [0, 0.1) is 0 Å². The first-order valence-electron chi connectivity index (χ1n) is 12.6. The molecule has 0 aromatic carbocycles. The summed E-state index contributed by atoms with van der Waals surface area (Å²) in [6, 6.07) is 0. The quantitative estimate of drug-likeness (QED) is 0.350. The Morgan fingerprint density at radius 1 is 0.667 bits per heavy atom. The van der Waals surface area contributed by atoms with Gasteiger partial charge in [-0.25, -0.2) is 0 Å². The zero-order chi connectivity index (χ0) is 17.3. The molecule has 12 aliphatic rings. The van der Waals surface area contributed by atoms with Crippen LogP contribution in [0.15, 0.2) is 0 Å². The van der Waals surface area contributed by atoms with E-state index >= 15 is 0 Å². The summed E-state index contributed by atoms with van der Waals surface area (Å²) >= 11 is 0. The van der Waals surface area contributed by atoms with Crippen molar-refractivity contribution in [2.75, 3.05) is 14.1 Å². The van der Waals surface area contributed by atoms with Gasteiger partial charge in [-0.1, -0.05) is 0 Å². The van der Waals surface area contributed by atoms with Crippen molar-refractivity contribution < 1.29 is 6.51 Å². The van der Waals surface area contributed by atoms with Crippen LogP contribution in [0.3, 0.4) is 0 Å². The Morgan fingerprint density at radius 2 is 1.15 bits per heavy atom. The van der Waals surface area contributed by atoms with Gasteiger partial charge in [0.05, 0.1) is 0 Å². The Morgan fingerprint density at radius 3 is 1.48 bits per heavy atom. The summed E-state index contributed by atoms with van der Waals surface area (Å²) in [6.45, 7) is -3.23. The molecule has 0 bridgehead atoms. The van der Waals surface area contributed by atoms with Crippen molar-refractivity contribution in [3.8, 4) is 0 Å². The van der Waals surface area contributed by atoms with E-state index in [0.29, 0.717) is 7.92 Å². The molecule has 5 unspecified atom stereocenters. The second-order valence-electron chi connectivity index (χ2n) is 15.6. The molecule has 3 heteroatoms. The molecular weight excluding hydrogens is 389 g/mol.